The zero-order valence-electron chi connectivity index (χ0n) is 16.5. The van der Waals surface area contributed by atoms with Crippen LogP contribution in [0.5, 0.6) is 0 Å². The van der Waals surface area contributed by atoms with Crippen molar-refractivity contribution in [1.29, 1.82) is 0 Å². The fraction of sp³-hybridized carbons (Fsp3) is 0.833. The van der Waals surface area contributed by atoms with Crippen LogP contribution in [-0.2, 0) is 11.2 Å². The van der Waals surface area contributed by atoms with Crippen LogP contribution in [0, 0.1) is 5.41 Å². The molecule has 0 spiro atoms. The van der Waals surface area contributed by atoms with Gasteiger partial charge < -0.3 is 19.9 Å². The summed E-state index contributed by atoms with van der Waals surface area (Å²) in [5.41, 5.74) is 0.340. The molecular weight excluding hydrogens is 445 g/mol. The molecule has 0 atom stereocenters. The van der Waals surface area contributed by atoms with Crippen molar-refractivity contribution in [3.8, 4) is 0 Å². The van der Waals surface area contributed by atoms with Crippen LogP contribution in [0.2, 0.25) is 0 Å². The Balaban J connectivity index is 0.00000338. The fourth-order valence-electron chi connectivity index (χ4n) is 3.34. The Labute approximate surface area is 174 Å². The lowest BCUT2D eigenvalue weighted by Gasteiger charge is -2.29. The molecule has 1 aromatic rings. The summed E-state index contributed by atoms with van der Waals surface area (Å²) in [6, 6.07) is 0. The Morgan fingerprint density at radius 3 is 2.62 bits per heavy atom. The molecule has 1 aromatic heterocycles. The van der Waals surface area contributed by atoms with Crippen LogP contribution in [-0.4, -0.2) is 50.0 Å². The summed E-state index contributed by atoms with van der Waals surface area (Å²) in [6.45, 7) is 6.59. The van der Waals surface area contributed by atoms with E-state index in [9.17, 15) is 0 Å². The SMILES string of the molecule is CN=C(NCCc1nc(C(C)C)no1)NCC1(CCOC)CCCC1.I. The predicted octanol–water partition coefficient (Wildman–Crippen LogP) is 3.12. The van der Waals surface area contributed by atoms with Gasteiger partial charge in [-0.25, -0.2) is 0 Å². The van der Waals surface area contributed by atoms with Gasteiger partial charge >= 0.3 is 0 Å². The highest BCUT2D eigenvalue weighted by Gasteiger charge is 2.33. The highest BCUT2D eigenvalue weighted by molar-refractivity contribution is 14.0. The number of hydrogen-bond acceptors (Lipinski definition) is 5. The van der Waals surface area contributed by atoms with Crippen LogP contribution >= 0.6 is 24.0 Å². The highest BCUT2D eigenvalue weighted by atomic mass is 127. The molecule has 0 radical (unpaired) electrons. The van der Waals surface area contributed by atoms with Crippen LogP contribution in [0.25, 0.3) is 0 Å². The smallest absolute Gasteiger partial charge is 0.228 e. The highest BCUT2D eigenvalue weighted by Crippen LogP contribution is 2.40. The molecule has 0 aromatic carbocycles. The number of nitrogens with zero attached hydrogens (tertiary/aromatic N) is 3. The third-order valence-corrected chi connectivity index (χ3v) is 4.99. The van der Waals surface area contributed by atoms with E-state index < -0.39 is 0 Å². The fourth-order valence-corrected chi connectivity index (χ4v) is 3.34. The molecule has 7 nitrogen and oxygen atoms in total. The van der Waals surface area contributed by atoms with E-state index in [1.807, 2.05) is 0 Å². The van der Waals surface area contributed by atoms with E-state index >= 15 is 0 Å². The van der Waals surface area contributed by atoms with Gasteiger partial charge in [0.1, 0.15) is 0 Å². The zero-order valence-corrected chi connectivity index (χ0v) is 18.8. The van der Waals surface area contributed by atoms with Gasteiger partial charge in [0, 0.05) is 46.2 Å². The van der Waals surface area contributed by atoms with Gasteiger partial charge in [-0.1, -0.05) is 31.8 Å². The van der Waals surface area contributed by atoms with Crippen molar-refractivity contribution < 1.29 is 9.26 Å². The van der Waals surface area contributed by atoms with Gasteiger partial charge in [-0.15, -0.1) is 24.0 Å². The van der Waals surface area contributed by atoms with Gasteiger partial charge in [-0.05, 0) is 24.7 Å². The first kappa shape index (κ1) is 23.1. The lowest BCUT2D eigenvalue weighted by atomic mass is 9.83. The van der Waals surface area contributed by atoms with E-state index in [0.29, 0.717) is 24.3 Å². The minimum absolute atomic E-state index is 0. The van der Waals surface area contributed by atoms with Crippen LogP contribution in [0.3, 0.4) is 0 Å². The lowest BCUT2D eigenvalue weighted by molar-refractivity contribution is 0.138. The van der Waals surface area contributed by atoms with E-state index in [-0.39, 0.29) is 29.9 Å². The molecule has 0 amide bonds. The Morgan fingerprint density at radius 2 is 2.04 bits per heavy atom. The first-order valence-electron chi connectivity index (χ1n) is 9.34. The summed E-state index contributed by atoms with van der Waals surface area (Å²) < 4.78 is 10.6. The Morgan fingerprint density at radius 1 is 1.31 bits per heavy atom. The predicted molar refractivity (Wildman–Crippen MR) is 114 cm³/mol. The van der Waals surface area contributed by atoms with Crippen molar-refractivity contribution in [2.45, 2.75) is 58.3 Å². The first-order chi connectivity index (χ1) is 12.1. The molecule has 1 fully saturated rings. The van der Waals surface area contributed by atoms with Gasteiger partial charge in [-0.3, -0.25) is 4.99 Å². The average Bonchev–Trinajstić information content (AvgIpc) is 3.26. The number of aromatic nitrogens is 2. The quantitative estimate of drug-likeness (QED) is 0.322. The van der Waals surface area contributed by atoms with Crippen LogP contribution in [0.1, 0.15) is 63.6 Å². The average molecular weight is 479 g/mol. The normalized spacial score (nSPS) is 16.6. The Kier molecular flexibility index (Phi) is 10.4. The van der Waals surface area contributed by atoms with Crippen molar-refractivity contribution in [2.24, 2.45) is 10.4 Å². The summed E-state index contributed by atoms with van der Waals surface area (Å²) in [5, 5.41) is 10.8. The first-order valence-corrected chi connectivity index (χ1v) is 9.34. The third-order valence-electron chi connectivity index (χ3n) is 4.99. The number of methoxy groups -OCH3 is 1. The number of ether oxygens (including phenoxy) is 1. The molecule has 0 bridgehead atoms. The van der Waals surface area contributed by atoms with E-state index in [0.717, 1.165) is 31.4 Å². The second-order valence-electron chi connectivity index (χ2n) is 7.25. The van der Waals surface area contributed by atoms with Crippen molar-refractivity contribution in [2.75, 3.05) is 33.9 Å². The van der Waals surface area contributed by atoms with Gasteiger partial charge in [0.05, 0.1) is 0 Å². The Bertz CT molecular complexity index is 541. The molecule has 1 aliphatic carbocycles. The standard InChI is InChI=1S/C18H33N5O2.HI/c1-14(2)16-22-15(25-23-16)7-11-20-17(19-3)21-13-18(10-12-24-4)8-5-6-9-18;/h14H,5-13H2,1-4H3,(H2,19,20,21);1H. The number of aliphatic imine (C=N–C) groups is 1. The summed E-state index contributed by atoms with van der Waals surface area (Å²) >= 11 is 0. The number of halogens is 1. The molecule has 1 heterocycles. The second-order valence-corrected chi connectivity index (χ2v) is 7.25. The van der Waals surface area contributed by atoms with Crippen LogP contribution in [0.15, 0.2) is 9.52 Å². The van der Waals surface area contributed by atoms with Crippen LogP contribution < -0.4 is 10.6 Å². The minimum Gasteiger partial charge on any atom is -0.385 e. The van der Waals surface area contributed by atoms with Crippen molar-refractivity contribution in [3.63, 3.8) is 0 Å². The third kappa shape index (κ3) is 7.02. The lowest BCUT2D eigenvalue weighted by Crippen LogP contribution is -2.43. The number of rotatable bonds is 9. The molecule has 0 saturated heterocycles. The maximum Gasteiger partial charge on any atom is 0.228 e. The van der Waals surface area contributed by atoms with Crippen molar-refractivity contribution in [1.82, 2.24) is 20.8 Å². The molecule has 26 heavy (non-hydrogen) atoms. The summed E-state index contributed by atoms with van der Waals surface area (Å²) in [6.07, 6.45) is 6.95. The molecule has 0 unspecified atom stereocenters. The topological polar surface area (TPSA) is 84.6 Å². The van der Waals surface area contributed by atoms with Gasteiger partial charge in [0.15, 0.2) is 11.8 Å². The molecule has 0 aliphatic heterocycles. The van der Waals surface area contributed by atoms with E-state index in [1.54, 1.807) is 14.2 Å². The molecule has 8 heteroatoms. The molecule has 1 aliphatic rings. The van der Waals surface area contributed by atoms with E-state index in [2.05, 4.69) is 39.6 Å². The Hall–Kier alpha value is -0.900. The largest absolute Gasteiger partial charge is 0.385 e. The summed E-state index contributed by atoms with van der Waals surface area (Å²) in [4.78, 5) is 8.72. The van der Waals surface area contributed by atoms with E-state index in [4.69, 9.17) is 9.26 Å². The maximum atomic E-state index is 5.30. The molecule has 2 N–H and O–H groups in total. The second kappa shape index (κ2) is 11.7. The zero-order chi connectivity index (χ0) is 18.1. The molecular formula is C18H34IN5O2. The van der Waals surface area contributed by atoms with Crippen molar-refractivity contribution >= 4 is 29.9 Å². The number of hydrogen-bond donors (Lipinski definition) is 2. The van der Waals surface area contributed by atoms with Gasteiger partial charge in [0.25, 0.3) is 0 Å². The van der Waals surface area contributed by atoms with Crippen molar-refractivity contribution in [3.05, 3.63) is 11.7 Å². The maximum absolute atomic E-state index is 5.30. The van der Waals surface area contributed by atoms with Gasteiger partial charge in [0.2, 0.25) is 5.89 Å². The molecule has 2 rings (SSSR count). The summed E-state index contributed by atoms with van der Waals surface area (Å²) in [7, 11) is 3.58. The summed E-state index contributed by atoms with van der Waals surface area (Å²) in [5.74, 6) is 2.54. The van der Waals surface area contributed by atoms with Crippen LogP contribution in [0.4, 0.5) is 0 Å². The number of nitrogens with one attached hydrogen (secondary N) is 2. The van der Waals surface area contributed by atoms with E-state index in [1.165, 1.54) is 25.7 Å². The molecule has 1 saturated carbocycles. The number of guanidine groups is 1. The molecule has 150 valence electrons. The minimum atomic E-state index is 0. The monoisotopic (exact) mass is 479 g/mol. The van der Waals surface area contributed by atoms with Gasteiger partial charge in [-0.2, -0.15) is 4.98 Å².